The molecule has 4 atom stereocenters. The maximum atomic E-state index is 13.1. The topological polar surface area (TPSA) is 70.2 Å². The Kier molecular flexibility index (Phi) is 4.87. The first kappa shape index (κ1) is 19.7. The minimum absolute atomic E-state index is 0.00209. The molecule has 1 spiro atoms. The lowest BCUT2D eigenvalue weighted by atomic mass is 9.51. The van der Waals surface area contributed by atoms with Gasteiger partial charge in [-0.25, -0.2) is 0 Å². The maximum absolute atomic E-state index is 13.1. The summed E-state index contributed by atoms with van der Waals surface area (Å²) in [5.41, 5.74) is 2.60. The molecule has 2 bridgehead atoms. The monoisotopic (exact) mass is 407 g/mol. The highest BCUT2D eigenvalue weighted by Crippen LogP contribution is 2.58. The van der Waals surface area contributed by atoms with Crippen LogP contribution in [0.4, 0.5) is 5.69 Å². The van der Waals surface area contributed by atoms with E-state index in [1.54, 1.807) is 0 Å². The molecule has 0 radical (unpaired) electrons. The summed E-state index contributed by atoms with van der Waals surface area (Å²) in [6.07, 6.45) is 12.0. The largest absolute Gasteiger partial charge is 0.362 e. The Bertz CT molecular complexity index is 894. The third-order valence-electron chi connectivity index (χ3n) is 8.12. The lowest BCUT2D eigenvalue weighted by molar-refractivity contribution is -0.139. The van der Waals surface area contributed by atoms with Gasteiger partial charge in [-0.05, 0) is 75.3 Å². The van der Waals surface area contributed by atoms with Crippen LogP contribution in [0.2, 0.25) is 0 Å². The van der Waals surface area contributed by atoms with Crippen molar-refractivity contribution in [3.05, 3.63) is 41.5 Å². The minimum atomic E-state index is -0.428. The Hall–Kier alpha value is -2.30. The van der Waals surface area contributed by atoms with Crippen molar-refractivity contribution in [1.29, 1.82) is 0 Å². The second kappa shape index (κ2) is 7.44. The van der Waals surface area contributed by atoms with Crippen molar-refractivity contribution in [1.82, 2.24) is 10.6 Å². The number of anilines is 1. The molecule has 3 fully saturated rings. The lowest BCUT2D eigenvalue weighted by Crippen LogP contribution is -2.70. The van der Waals surface area contributed by atoms with Gasteiger partial charge in [0, 0.05) is 24.1 Å². The van der Waals surface area contributed by atoms with Gasteiger partial charge in [-0.2, -0.15) is 0 Å². The molecule has 4 aliphatic carbocycles. The molecule has 0 unspecified atom stereocenters. The second-order valence-corrected chi connectivity index (χ2v) is 10.1. The molecule has 2 amide bonds. The van der Waals surface area contributed by atoms with Crippen LogP contribution < -0.4 is 16.0 Å². The number of carbonyl (C=O) groups is 2. The summed E-state index contributed by atoms with van der Waals surface area (Å²) in [5, 5.41) is 10.2. The summed E-state index contributed by atoms with van der Waals surface area (Å²) in [6.45, 7) is 2.99. The number of para-hydroxylation sites is 1. The number of fused-ring (bicyclic) bond motifs is 3. The van der Waals surface area contributed by atoms with E-state index in [4.69, 9.17) is 0 Å². The van der Waals surface area contributed by atoms with Gasteiger partial charge in [-0.3, -0.25) is 9.59 Å². The molecule has 1 aliphatic heterocycles. The van der Waals surface area contributed by atoms with Gasteiger partial charge in [0.15, 0.2) is 0 Å². The fraction of sp³-hybridized carbons (Fsp3) is 0.600. The third-order valence-corrected chi connectivity index (χ3v) is 8.12. The molecule has 30 heavy (non-hydrogen) atoms. The minimum Gasteiger partial charge on any atom is -0.362 e. The van der Waals surface area contributed by atoms with Crippen LogP contribution in [0.15, 0.2) is 35.9 Å². The standard InChI is InChI=1S/C25H33N3O2/c1-24-13-11-18(15-20(24)23(30)26-14-12-17-7-3-2-4-8-17)25(16-24)27-21-10-6-5-9-19(21)22(29)28-25/h5-7,9-10,18,20,27H,2-4,8,11-16H2,1H3,(H,26,30)(H,28,29)/t18-,20-,24-,25-/m0/s1. The van der Waals surface area contributed by atoms with E-state index < -0.39 is 5.66 Å². The number of rotatable bonds is 4. The Labute approximate surface area is 179 Å². The lowest BCUT2D eigenvalue weighted by Gasteiger charge is -2.60. The van der Waals surface area contributed by atoms with Gasteiger partial charge in [0.05, 0.1) is 5.56 Å². The predicted octanol–water partition coefficient (Wildman–Crippen LogP) is 4.37. The van der Waals surface area contributed by atoms with E-state index in [9.17, 15) is 9.59 Å². The summed E-state index contributed by atoms with van der Waals surface area (Å²) >= 11 is 0. The summed E-state index contributed by atoms with van der Waals surface area (Å²) in [4.78, 5) is 25.9. The van der Waals surface area contributed by atoms with E-state index in [0.717, 1.165) is 44.3 Å². The molecule has 6 rings (SSSR count). The van der Waals surface area contributed by atoms with Crippen LogP contribution in [0.25, 0.3) is 0 Å². The van der Waals surface area contributed by atoms with Crippen molar-refractivity contribution in [2.24, 2.45) is 17.3 Å². The average molecular weight is 408 g/mol. The molecule has 3 saturated carbocycles. The third kappa shape index (κ3) is 3.32. The van der Waals surface area contributed by atoms with Gasteiger partial charge in [0.25, 0.3) is 5.91 Å². The normalized spacial score (nSPS) is 34.6. The molecule has 5 aliphatic rings. The van der Waals surface area contributed by atoms with Crippen LogP contribution in [-0.4, -0.2) is 24.0 Å². The van der Waals surface area contributed by atoms with Crippen LogP contribution in [0.1, 0.15) is 75.1 Å². The Morgan fingerprint density at radius 2 is 2.10 bits per heavy atom. The van der Waals surface area contributed by atoms with Gasteiger partial charge in [0.2, 0.25) is 5.91 Å². The first-order chi connectivity index (χ1) is 14.5. The number of benzene rings is 1. The predicted molar refractivity (Wildman–Crippen MR) is 118 cm³/mol. The first-order valence-corrected chi connectivity index (χ1v) is 11.6. The van der Waals surface area contributed by atoms with Gasteiger partial charge >= 0.3 is 0 Å². The van der Waals surface area contributed by atoms with Crippen LogP contribution in [0.3, 0.4) is 0 Å². The van der Waals surface area contributed by atoms with Gasteiger partial charge < -0.3 is 16.0 Å². The fourth-order valence-corrected chi connectivity index (χ4v) is 6.45. The number of nitrogens with one attached hydrogen (secondary N) is 3. The SMILES string of the molecule is C[C@@]12CC[C@@H](C[C@H]1C(=O)NCCC1=CCCCC1)[C@]1(C2)NC(=O)c2ccccc2N1. The first-order valence-electron chi connectivity index (χ1n) is 11.6. The Balaban J connectivity index is 1.27. The second-order valence-electron chi connectivity index (χ2n) is 10.1. The van der Waals surface area contributed by atoms with Crippen molar-refractivity contribution in [2.75, 3.05) is 11.9 Å². The zero-order valence-electron chi connectivity index (χ0n) is 17.9. The number of hydrogen-bond acceptors (Lipinski definition) is 3. The molecule has 5 nitrogen and oxygen atoms in total. The van der Waals surface area contributed by atoms with E-state index in [1.807, 2.05) is 24.3 Å². The zero-order valence-corrected chi connectivity index (χ0v) is 17.9. The molecule has 3 N–H and O–H groups in total. The number of carbonyl (C=O) groups excluding carboxylic acids is 2. The smallest absolute Gasteiger partial charge is 0.255 e. The van der Waals surface area contributed by atoms with E-state index >= 15 is 0 Å². The zero-order chi connectivity index (χ0) is 20.8. The number of hydrogen-bond donors (Lipinski definition) is 3. The molecular formula is C25H33N3O2. The van der Waals surface area contributed by atoms with Crippen LogP contribution in [-0.2, 0) is 4.79 Å². The molecule has 1 aromatic rings. The Morgan fingerprint density at radius 3 is 2.90 bits per heavy atom. The molecule has 0 saturated heterocycles. The van der Waals surface area contributed by atoms with E-state index in [1.165, 1.54) is 31.3 Å². The van der Waals surface area contributed by atoms with Gasteiger partial charge in [0.1, 0.15) is 5.66 Å². The quantitative estimate of drug-likeness (QED) is 0.649. The summed E-state index contributed by atoms with van der Waals surface area (Å²) < 4.78 is 0. The maximum Gasteiger partial charge on any atom is 0.255 e. The number of amides is 2. The van der Waals surface area contributed by atoms with Crippen molar-refractivity contribution < 1.29 is 9.59 Å². The van der Waals surface area contributed by atoms with Crippen LogP contribution in [0, 0.1) is 17.3 Å². The molecular weight excluding hydrogens is 374 g/mol. The molecule has 5 heteroatoms. The molecule has 160 valence electrons. The van der Waals surface area contributed by atoms with Crippen molar-refractivity contribution in [2.45, 2.75) is 70.4 Å². The van der Waals surface area contributed by atoms with Crippen LogP contribution >= 0.6 is 0 Å². The summed E-state index contributed by atoms with van der Waals surface area (Å²) in [7, 11) is 0. The van der Waals surface area contributed by atoms with E-state index in [-0.39, 0.29) is 29.1 Å². The van der Waals surface area contributed by atoms with Crippen molar-refractivity contribution in [3.63, 3.8) is 0 Å². The summed E-state index contributed by atoms with van der Waals surface area (Å²) in [6, 6.07) is 7.73. The van der Waals surface area contributed by atoms with Gasteiger partial charge in [-0.1, -0.05) is 30.7 Å². The van der Waals surface area contributed by atoms with E-state index in [0.29, 0.717) is 5.56 Å². The molecule has 1 aromatic carbocycles. The molecule has 0 aromatic heterocycles. The molecule has 1 heterocycles. The van der Waals surface area contributed by atoms with E-state index in [2.05, 4.69) is 29.0 Å². The number of allylic oxidation sites excluding steroid dienone is 1. The highest BCUT2D eigenvalue weighted by molar-refractivity contribution is 6.02. The highest BCUT2D eigenvalue weighted by atomic mass is 16.2. The van der Waals surface area contributed by atoms with Gasteiger partial charge in [-0.15, -0.1) is 0 Å². The Morgan fingerprint density at radius 1 is 1.23 bits per heavy atom. The average Bonchev–Trinajstić information content (AvgIpc) is 2.74. The fourth-order valence-electron chi connectivity index (χ4n) is 6.45. The van der Waals surface area contributed by atoms with Crippen molar-refractivity contribution in [3.8, 4) is 0 Å². The highest BCUT2D eigenvalue weighted by Gasteiger charge is 2.60. The van der Waals surface area contributed by atoms with Crippen molar-refractivity contribution >= 4 is 17.5 Å². The van der Waals surface area contributed by atoms with Crippen LogP contribution in [0.5, 0.6) is 0 Å². The summed E-state index contributed by atoms with van der Waals surface area (Å²) in [5.74, 6) is 0.504.